The molecular formula is C8H10N2O2. The van der Waals surface area contributed by atoms with Crippen molar-refractivity contribution in [2.45, 2.75) is 12.5 Å². The summed E-state index contributed by atoms with van der Waals surface area (Å²) >= 11 is 0. The van der Waals surface area contributed by atoms with E-state index >= 15 is 0 Å². The highest BCUT2D eigenvalue weighted by Crippen LogP contribution is 2.11. The van der Waals surface area contributed by atoms with Gasteiger partial charge in [-0.15, -0.1) is 0 Å². The maximum Gasteiger partial charge on any atom is 0.414 e. The molecule has 0 saturated heterocycles. The predicted octanol–water partition coefficient (Wildman–Crippen LogP) is 0.961. The molecule has 0 amide bonds. The zero-order valence-corrected chi connectivity index (χ0v) is 6.86. The van der Waals surface area contributed by atoms with E-state index < -0.39 is 11.6 Å². The Hall–Kier alpha value is -1.67. The largest absolute Gasteiger partial charge is 0.442 e. The Morgan fingerprint density at radius 3 is 2.42 bits per heavy atom. The fourth-order valence-corrected chi connectivity index (χ4v) is 0.457. The van der Waals surface area contributed by atoms with Gasteiger partial charge in [0.05, 0.1) is 0 Å². The van der Waals surface area contributed by atoms with E-state index in [-0.39, 0.29) is 0 Å². The minimum absolute atomic E-state index is 0.658. The van der Waals surface area contributed by atoms with Gasteiger partial charge < -0.3 is 10.3 Å². The summed E-state index contributed by atoms with van der Waals surface area (Å²) in [7, 11) is 0. The molecule has 0 heterocycles. The molecule has 0 unspecified atom stereocenters. The summed E-state index contributed by atoms with van der Waals surface area (Å²) in [5, 5.41) is 0. The van der Waals surface area contributed by atoms with E-state index in [4.69, 9.17) is 10.3 Å². The number of hydrogen-bond acceptors (Lipinski definition) is 2. The molecule has 0 rings (SSSR count). The lowest BCUT2D eigenvalue weighted by Gasteiger charge is -2.19. The molecule has 0 radical (unpaired) electrons. The topological polar surface area (TPSA) is 62.7 Å². The number of nitrogens with zero attached hydrogens (tertiary/aromatic N) is 2. The normalized spacial score (nSPS) is 9.42. The van der Waals surface area contributed by atoms with Gasteiger partial charge in [-0.2, -0.15) is 4.79 Å². The lowest BCUT2D eigenvalue weighted by Crippen LogP contribution is -2.27. The first-order valence-electron chi connectivity index (χ1n) is 3.25. The standard InChI is InChI=1S/C8H10N2O2/c1-4-8(3,5-2)12-7(11)6-10-9/h4-6H,1-2H2,3H3. The molecule has 12 heavy (non-hydrogen) atoms. The molecular weight excluding hydrogens is 156 g/mol. The Balaban J connectivity index is 4.40. The number of esters is 1. The summed E-state index contributed by atoms with van der Waals surface area (Å²) in [5.41, 5.74) is 7.08. The van der Waals surface area contributed by atoms with E-state index in [1.165, 1.54) is 12.2 Å². The maximum absolute atomic E-state index is 10.7. The van der Waals surface area contributed by atoms with Crippen LogP contribution in [0.15, 0.2) is 25.3 Å². The van der Waals surface area contributed by atoms with Crippen LogP contribution in [0.5, 0.6) is 0 Å². The zero-order chi connectivity index (χ0) is 9.61. The van der Waals surface area contributed by atoms with Crippen molar-refractivity contribution in [3.05, 3.63) is 30.8 Å². The van der Waals surface area contributed by atoms with Crippen LogP contribution < -0.4 is 0 Å². The summed E-state index contributed by atoms with van der Waals surface area (Å²) in [5.74, 6) is -0.750. The van der Waals surface area contributed by atoms with Crippen LogP contribution >= 0.6 is 0 Å². The molecule has 0 aliphatic carbocycles. The van der Waals surface area contributed by atoms with Crippen molar-refractivity contribution < 1.29 is 14.3 Å². The predicted molar refractivity (Wildman–Crippen MR) is 44.6 cm³/mol. The molecule has 0 N–H and O–H groups in total. The van der Waals surface area contributed by atoms with Gasteiger partial charge in [-0.3, -0.25) is 0 Å². The van der Waals surface area contributed by atoms with Gasteiger partial charge >= 0.3 is 12.2 Å². The Morgan fingerprint density at radius 2 is 2.08 bits per heavy atom. The summed E-state index contributed by atoms with van der Waals surface area (Å²) in [4.78, 5) is 13.3. The highest BCUT2D eigenvalue weighted by Gasteiger charge is 2.21. The average molecular weight is 166 g/mol. The van der Waals surface area contributed by atoms with Crippen molar-refractivity contribution in [1.82, 2.24) is 0 Å². The summed E-state index contributed by atoms with van der Waals surface area (Å²) in [6.07, 6.45) is 3.50. The Bertz CT molecular complexity index is 244. The fourth-order valence-electron chi connectivity index (χ4n) is 0.457. The molecule has 64 valence electrons. The maximum atomic E-state index is 10.7. The van der Waals surface area contributed by atoms with Crippen LogP contribution in [0.25, 0.3) is 5.53 Å². The van der Waals surface area contributed by atoms with E-state index in [2.05, 4.69) is 17.9 Å². The molecule has 0 aliphatic heterocycles. The van der Waals surface area contributed by atoms with E-state index in [9.17, 15) is 4.79 Å². The smallest absolute Gasteiger partial charge is 0.414 e. The molecule has 0 aromatic heterocycles. The molecule has 4 heteroatoms. The summed E-state index contributed by atoms with van der Waals surface area (Å²) in [6, 6.07) is 0. The lowest BCUT2D eigenvalue weighted by atomic mass is 10.1. The van der Waals surface area contributed by atoms with Gasteiger partial charge in [0.1, 0.15) is 5.60 Å². The molecule has 0 atom stereocenters. The van der Waals surface area contributed by atoms with Crippen LogP contribution in [0.2, 0.25) is 0 Å². The van der Waals surface area contributed by atoms with Gasteiger partial charge in [0, 0.05) is 0 Å². The number of carbonyl (C=O) groups excluding carboxylic acids is 1. The second kappa shape index (κ2) is 4.26. The Morgan fingerprint density at radius 1 is 1.58 bits per heavy atom. The van der Waals surface area contributed by atoms with Crippen molar-refractivity contribution in [2.24, 2.45) is 0 Å². The van der Waals surface area contributed by atoms with E-state index in [1.54, 1.807) is 6.92 Å². The Kier molecular flexibility index (Phi) is 3.67. The summed E-state index contributed by atoms with van der Waals surface area (Å²) < 4.78 is 4.79. The van der Waals surface area contributed by atoms with Crippen molar-refractivity contribution in [3.63, 3.8) is 0 Å². The first-order chi connectivity index (χ1) is 5.58. The SMILES string of the molecule is C=CC(C)(C=C)OC(=O)C=[N+]=[N-]. The van der Waals surface area contributed by atoms with Crippen LogP contribution in [-0.4, -0.2) is 22.6 Å². The van der Waals surface area contributed by atoms with Crippen LogP contribution in [-0.2, 0) is 9.53 Å². The highest BCUT2D eigenvalue weighted by atomic mass is 16.6. The third-order valence-electron chi connectivity index (χ3n) is 1.29. The quantitative estimate of drug-likeness (QED) is 0.205. The monoisotopic (exact) mass is 166 g/mol. The molecule has 0 aromatic rings. The third kappa shape index (κ3) is 2.94. The minimum Gasteiger partial charge on any atom is -0.442 e. The van der Waals surface area contributed by atoms with E-state index in [0.29, 0.717) is 6.21 Å². The zero-order valence-electron chi connectivity index (χ0n) is 6.86. The number of rotatable bonds is 4. The second-order valence-corrected chi connectivity index (χ2v) is 2.26. The molecule has 0 spiro atoms. The van der Waals surface area contributed by atoms with Crippen LogP contribution in [0, 0.1) is 0 Å². The average Bonchev–Trinajstić information content (AvgIpc) is 2.05. The van der Waals surface area contributed by atoms with E-state index in [1.807, 2.05) is 0 Å². The lowest BCUT2D eigenvalue weighted by molar-refractivity contribution is -0.145. The van der Waals surface area contributed by atoms with E-state index in [0.717, 1.165) is 0 Å². The highest BCUT2D eigenvalue weighted by molar-refractivity contribution is 6.20. The first-order valence-corrected chi connectivity index (χ1v) is 3.25. The number of carbonyl (C=O) groups is 1. The van der Waals surface area contributed by atoms with Gasteiger partial charge in [-0.1, -0.05) is 13.2 Å². The number of ether oxygens (including phenoxy) is 1. The van der Waals surface area contributed by atoms with Crippen LogP contribution in [0.1, 0.15) is 6.92 Å². The van der Waals surface area contributed by atoms with Crippen molar-refractivity contribution in [3.8, 4) is 0 Å². The van der Waals surface area contributed by atoms with Gasteiger partial charge in [-0.05, 0) is 19.1 Å². The minimum atomic E-state index is -0.918. The number of hydrogen-bond donors (Lipinski definition) is 0. The molecule has 0 saturated carbocycles. The molecule has 0 aromatic carbocycles. The third-order valence-corrected chi connectivity index (χ3v) is 1.29. The van der Waals surface area contributed by atoms with Gasteiger partial charge in [-0.25, -0.2) is 4.79 Å². The fraction of sp³-hybridized carbons (Fsp3) is 0.250. The van der Waals surface area contributed by atoms with Gasteiger partial charge in [0.25, 0.3) is 0 Å². The molecule has 0 fully saturated rings. The Labute approximate surface area is 70.8 Å². The van der Waals surface area contributed by atoms with Crippen molar-refractivity contribution in [1.29, 1.82) is 0 Å². The molecule has 0 aliphatic rings. The molecule has 0 bridgehead atoms. The van der Waals surface area contributed by atoms with Crippen molar-refractivity contribution >= 4 is 12.2 Å². The van der Waals surface area contributed by atoms with Gasteiger partial charge in [0.2, 0.25) is 0 Å². The van der Waals surface area contributed by atoms with Crippen LogP contribution in [0.3, 0.4) is 0 Å². The summed E-state index contributed by atoms with van der Waals surface area (Å²) in [6.45, 7) is 8.53. The second-order valence-electron chi connectivity index (χ2n) is 2.26. The first kappa shape index (κ1) is 10.3. The van der Waals surface area contributed by atoms with Crippen LogP contribution in [0.4, 0.5) is 0 Å². The van der Waals surface area contributed by atoms with Gasteiger partial charge in [0.15, 0.2) is 0 Å². The van der Waals surface area contributed by atoms with Crippen molar-refractivity contribution in [2.75, 3.05) is 0 Å². The molecule has 4 nitrogen and oxygen atoms in total.